The number of carbonyl (C=O) groups excluding carboxylic acids is 1. The van der Waals surface area contributed by atoms with Gasteiger partial charge in [-0.1, -0.05) is 29.8 Å². The Balaban J connectivity index is 1.78. The van der Waals surface area contributed by atoms with Gasteiger partial charge < -0.3 is 19.9 Å². The number of rotatable bonds is 5. The van der Waals surface area contributed by atoms with E-state index in [-0.39, 0.29) is 12.5 Å². The fourth-order valence-electron chi connectivity index (χ4n) is 4.44. The molecule has 2 heterocycles. The van der Waals surface area contributed by atoms with Crippen LogP contribution in [0.2, 0.25) is 5.02 Å². The lowest BCUT2D eigenvalue weighted by Crippen LogP contribution is -2.28. The van der Waals surface area contributed by atoms with Crippen molar-refractivity contribution in [1.29, 1.82) is 0 Å². The SMILES string of the molecule is Cc1cc2nc(-c3cccc4c3OCC(=O)N4)sc2c(-c2ccc(Cl)cc2)c1[C@H](OC(C)(C)C)C(=O)O. The van der Waals surface area contributed by atoms with E-state index in [1.807, 2.05) is 58.0 Å². The fraction of sp³-hybridized carbons (Fsp3) is 0.250. The number of hydrogen-bond acceptors (Lipinski definition) is 6. The molecule has 9 heteroatoms. The number of ether oxygens (including phenoxy) is 2. The summed E-state index contributed by atoms with van der Waals surface area (Å²) in [7, 11) is 0. The highest BCUT2D eigenvalue weighted by molar-refractivity contribution is 7.22. The van der Waals surface area contributed by atoms with Crippen LogP contribution in [0.5, 0.6) is 5.75 Å². The second-order valence-corrected chi connectivity index (χ2v) is 11.3. The molecule has 0 aliphatic carbocycles. The Labute approximate surface area is 223 Å². The summed E-state index contributed by atoms with van der Waals surface area (Å²) in [6.07, 6.45) is -1.19. The summed E-state index contributed by atoms with van der Waals surface area (Å²) in [6, 6.07) is 14.7. The van der Waals surface area contributed by atoms with Crippen LogP contribution in [0, 0.1) is 6.92 Å². The Hall–Kier alpha value is -3.46. The summed E-state index contributed by atoms with van der Waals surface area (Å²) < 4.78 is 12.7. The van der Waals surface area contributed by atoms with E-state index in [2.05, 4.69) is 5.32 Å². The number of anilines is 1. The van der Waals surface area contributed by atoms with E-state index in [1.54, 1.807) is 18.2 Å². The van der Waals surface area contributed by atoms with Crippen molar-refractivity contribution in [1.82, 2.24) is 4.98 Å². The monoisotopic (exact) mass is 536 g/mol. The Morgan fingerprint density at radius 3 is 2.62 bits per heavy atom. The number of thiazole rings is 1. The minimum Gasteiger partial charge on any atom is -0.481 e. The quantitative estimate of drug-likeness (QED) is 0.289. The first kappa shape index (κ1) is 25.2. The average Bonchev–Trinajstić information content (AvgIpc) is 3.24. The van der Waals surface area contributed by atoms with E-state index in [1.165, 1.54) is 11.3 Å². The molecule has 0 bridgehead atoms. The first-order valence-electron chi connectivity index (χ1n) is 11.7. The third kappa shape index (κ3) is 4.92. The number of aryl methyl sites for hydroxylation is 1. The first-order chi connectivity index (χ1) is 17.5. The molecule has 3 aromatic carbocycles. The number of para-hydroxylation sites is 1. The van der Waals surface area contributed by atoms with Crippen LogP contribution in [0.25, 0.3) is 31.9 Å². The summed E-state index contributed by atoms with van der Waals surface area (Å²) in [5.74, 6) is -0.720. The van der Waals surface area contributed by atoms with E-state index >= 15 is 0 Å². The molecule has 7 nitrogen and oxygen atoms in total. The zero-order valence-corrected chi connectivity index (χ0v) is 22.3. The molecule has 0 unspecified atom stereocenters. The standard InChI is InChI=1S/C28H25ClN2O5S/c1-14-12-19-25(37-26(31-19)17-6-5-7-18-23(17)35-13-20(32)30-18)22(15-8-10-16(29)11-9-15)21(14)24(27(33)34)36-28(2,3)4/h5-12,24H,13H2,1-4H3,(H,30,32)(H,33,34)/t24-/m0/s1. The largest absolute Gasteiger partial charge is 0.481 e. The summed E-state index contributed by atoms with van der Waals surface area (Å²) >= 11 is 7.61. The van der Waals surface area contributed by atoms with Crippen LogP contribution in [0.3, 0.4) is 0 Å². The van der Waals surface area contributed by atoms with Gasteiger partial charge in [0.05, 0.1) is 27.1 Å². The Morgan fingerprint density at radius 1 is 1.22 bits per heavy atom. The number of benzene rings is 3. The number of halogens is 1. The van der Waals surface area contributed by atoms with E-state index in [0.29, 0.717) is 27.0 Å². The summed E-state index contributed by atoms with van der Waals surface area (Å²) in [4.78, 5) is 29.2. The van der Waals surface area contributed by atoms with Gasteiger partial charge in [-0.25, -0.2) is 9.78 Å². The Morgan fingerprint density at radius 2 is 1.95 bits per heavy atom. The molecule has 0 spiro atoms. The number of carboxylic acids is 1. The molecule has 1 amide bonds. The zero-order valence-electron chi connectivity index (χ0n) is 20.7. The lowest BCUT2D eigenvalue weighted by molar-refractivity contribution is -0.160. The van der Waals surface area contributed by atoms with Gasteiger partial charge in [0.1, 0.15) is 5.01 Å². The van der Waals surface area contributed by atoms with Crippen molar-refractivity contribution in [2.45, 2.75) is 39.4 Å². The predicted octanol–water partition coefficient (Wildman–Crippen LogP) is 6.86. The number of carbonyl (C=O) groups is 2. The minimum atomic E-state index is -1.19. The molecule has 190 valence electrons. The van der Waals surface area contributed by atoms with Gasteiger partial charge >= 0.3 is 5.97 Å². The smallest absolute Gasteiger partial charge is 0.337 e. The molecule has 2 N–H and O–H groups in total. The maximum absolute atomic E-state index is 12.5. The number of aromatic nitrogens is 1. The van der Waals surface area contributed by atoms with E-state index in [4.69, 9.17) is 26.1 Å². The molecule has 1 aliphatic rings. The highest BCUT2D eigenvalue weighted by Gasteiger charge is 2.32. The molecule has 37 heavy (non-hydrogen) atoms. The maximum Gasteiger partial charge on any atom is 0.337 e. The first-order valence-corrected chi connectivity index (χ1v) is 12.9. The fourth-order valence-corrected chi connectivity index (χ4v) is 5.71. The topological polar surface area (TPSA) is 97.8 Å². The normalized spacial score (nSPS) is 14.1. The van der Waals surface area contributed by atoms with Crippen molar-refractivity contribution in [2.24, 2.45) is 0 Å². The van der Waals surface area contributed by atoms with Crippen LogP contribution in [-0.2, 0) is 14.3 Å². The third-order valence-corrected chi connectivity index (χ3v) is 7.26. The van der Waals surface area contributed by atoms with Crippen LogP contribution in [0.15, 0.2) is 48.5 Å². The minimum absolute atomic E-state index is 0.0708. The molecular formula is C28H25ClN2O5S. The van der Waals surface area contributed by atoms with Crippen molar-refractivity contribution in [3.63, 3.8) is 0 Å². The molecule has 5 rings (SSSR count). The zero-order chi connectivity index (χ0) is 26.5. The van der Waals surface area contributed by atoms with Crippen molar-refractivity contribution < 1.29 is 24.2 Å². The lowest BCUT2D eigenvalue weighted by Gasteiger charge is -2.28. The molecule has 1 aromatic heterocycles. The van der Waals surface area contributed by atoms with E-state index in [0.717, 1.165) is 32.5 Å². The van der Waals surface area contributed by atoms with Crippen LogP contribution in [0.1, 0.15) is 38.0 Å². The van der Waals surface area contributed by atoms with Gasteiger partial charge in [-0.2, -0.15) is 0 Å². The number of nitrogens with one attached hydrogen (secondary N) is 1. The lowest BCUT2D eigenvalue weighted by atomic mass is 9.91. The van der Waals surface area contributed by atoms with Gasteiger partial charge in [-0.05, 0) is 69.2 Å². The maximum atomic E-state index is 12.5. The average molecular weight is 537 g/mol. The number of amides is 1. The second-order valence-electron chi connectivity index (χ2n) is 9.82. The molecule has 1 aliphatic heterocycles. The van der Waals surface area contributed by atoms with E-state index in [9.17, 15) is 14.7 Å². The molecular weight excluding hydrogens is 512 g/mol. The highest BCUT2D eigenvalue weighted by atomic mass is 35.5. The van der Waals surface area contributed by atoms with Crippen LogP contribution in [-0.4, -0.2) is 34.2 Å². The van der Waals surface area contributed by atoms with Crippen LogP contribution >= 0.6 is 22.9 Å². The molecule has 4 aromatic rings. The number of hydrogen-bond donors (Lipinski definition) is 2. The van der Waals surface area contributed by atoms with Crippen LogP contribution in [0.4, 0.5) is 5.69 Å². The number of carboxylic acid groups (broad SMARTS) is 1. The van der Waals surface area contributed by atoms with Gasteiger partial charge in [0, 0.05) is 16.1 Å². The molecule has 0 saturated heterocycles. The van der Waals surface area contributed by atoms with E-state index < -0.39 is 17.7 Å². The highest BCUT2D eigenvalue weighted by Crippen LogP contribution is 2.46. The Kier molecular flexibility index (Phi) is 6.43. The van der Waals surface area contributed by atoms with Crippen LogP contribution < -0.4 is 10.1 Å². The number of nitrogens with zero attached hydrogens (tertiary/aromatic N) is 1. The van der Waals surface area contributed by atoms with Gasteiger partial charge in [0.25, 0.3) is 5.91 Å². The van der Waals surface area contributed by atoms with Crippen molar-refractivity contribution >= 4 is 50.7 Å². The molecule has 0 saturated carbocycles. The summed E-state index contributed by atoms with van der Waals surface area (Å²) in [5.41, 5.74) is 4.26. The van der Waals surface area contributed by atoms with Gasteiger partial charge in [0.15, 0.2) is 18.5 Å². The summed E-state index contributed by atoms with van der Waals surface area (Å²) in [5, 5.41) is 14.3. The number of fused-ring (bicyclic) bond motifs is 2. The number of aliphatic carboxylic acids is 1. The predicted molar refractivity (Wildman–Crippen MR) is 146 cm³/mol. The summed E-state index contributed by atoms with van der Waals surface area (Å²) in [6.45, 7) is 7.31. The Bertz CT molecular complexity index is 1540. The van der Waals surface area contributed by atoms with Crippen molar-refractivity contribution in [3.05, 3.63) is 64.7 Å². The molecule has 0 fully saturated rings. The van der Waals surface area contributed by atoms with Crippen molar-refractivity contribution in [3.8, 4) is 27.4 Å². The molecule has 1 atom stereocenters. The van der Waals surface area contributed by atoms with Gasteiger partial charge in [-0.3, -0.25) is 4.79 Å². The van der Waals surface area contributed by atoms with Gasteiger partial charge in [0.2, 0.25) is 0 Å². The van der Waals surface area contributed by atoms with Gasteiger partial charge in [-0.15, -0.1) is 11.3 Å². The van der Waals surface area contributed by atoms with Crippen molar-refractivity contribution in [2.75, 3.05) is 11.9 Å². The third-order valence-electron chi connectivity index (χ3n) is 5.89. The second kappa shape index (κ2) is 9.45. The molecule has 0 radical (unpaired) electrons.